The molecule has 0 saturated carbocycles. The van der Waals surface area contributed by atoms with Gasteiger partial charge in [0.05, 0.1) is 10.2 Å². The van der Waals surface area contributed by atoms with E-state index in [1.807, 2.05) is 17.8 Å². The van der Waals surface area contributed by atoms with Gasteiger partial charge >= 0.3 is 0 Å². The molecule has 0 aliphatic carbocycles. The summed E-state index contributed by atoms with van der Waals surface area (Å²) < 4.78 is 5.79. The summed E-state index contributed by atoms with van der Waals surface area (Å²) in [5, 5.41) is 18.7. The lowest BCUT2D eigenvalue weighted by Crippen LogP contribution is -2.14. The number of hydrogen-bond acceptors (Lipinski definition) is 6. The summed E-state index contributed by atoms with van der Waals surface area (Å²) in [4.78, 5) is 29.4. The highest BCUT2D eigenvalue weighted by atomic mass is 79.9. The number of aryl methyl sites for hydroxylation is 2. The van der Waals surface area contributed by atoms with Crippen LogP contribution >= 0.6 is 15.9 Å². The summed E-state index contributed by atoms with van der Waals surface area (Å²) in [6.07, 6.45) is 5.24. The Morgan fingerprint density at radius 1 is 0.943 bits per heavy atom. The molecule has 1 aromatic carbocycles. The molecule has 5 rings (SSSR count). The van der Waals surface area contributed by atoms with Gasteiger partial charge < -0.3 is 10.6 Å². The maximum absolute atomic E-state index is 12.9. The van der Waals surface area contributed by atoms with Crippen molar-refractivity contribution in [1.82, 2.24) is 34.2 Å². The first-order valence-electron chi connectivity index (χ1n) is 10.7. The molecule has 0 fully saturated rings. The van der Waals surface area contributed by atoms with Gasteiger partial charge in [-0.2, -0.15) is 15.3 Å². The van der Waals surface area contributed by atoms with E-state index in [1.165, 1.54) is 0 Å². The fraction of sp³-hybridized carbons (Fsp3) is 0.130. The molecule has 0 unspecified atom stereocenters. The van der Waals surface area contributed by atoms with Crippen LogP contribution in [0.15, 0.2) is 65.5 Å². The van der Waals surface area contributed by atoms with Crippen LogP contribution in [0.3, 0.4) is 0 Å². The predicted octanol–water partition coefficient (Wildman–Crippen LogP) is 3.61. The Labute approximate surface area is 207 Å². The highest BCUT2D eigenvalue weighted by molar-refractivity contribution is 9.10. The van der Waals surface area contributed by atoms with E-state index in [-0.39, 0.29) is 17.5 Å². The fourth-order valence-electron chi connectivity index (χ4n) is 3.48. The van der Waals surface area contributed by atoms with Crippen molar-refractivity contribution in [1.29, 1.82) is 0 Å². The van der Waals surface area contributed by atoms with E-state index >= 15 is 0 Å². The average molecular weight is 534 g/mol. The number of benzene rings is 1. The first kappa shape index (κ1) is 22.5. The number of aromatic nitrogens is 7. The normalized spacial score (nSPS) is 11.1. The molecule has 4 heterocycles. The first-order chi connectivity index (χ1) is 16.9. The van der Waals surface area contributed by atoms with E-state index in [9.17, 15) is 9.59 Å². The highest BCUT2D eigenvalue weighted by Crippen LogP contribution is 2.27. The highest BCUT2D eigenvalue weighted by Gasteiger charge is 2.17. The Morgan fingerprint density at radius 2 is 1.63 bits per heavy atom. The summed E-state index contributed by atoms with van der Waals surface area (Å²) in [6.45, 7) is 2.73. The number of halogens is 1. The third-order valence-corrected chi connectivity index (χ3v) is 5.80. The minimum absolute atomic E-state index is 0.212. The van der Waals surface area contributed by atoms with Crippen molar-refractivity contribution in [3.05, 3.63) is 76.9 Å². The second-order valence-corrected chi connectivity index (χ2v) is 8.53. The third kappa shape index (κ3) is 4.55. The Balaban J connectivity index is 1.32. The Bertz CT molecular complexity index is 1550. The van der Waals surface area contributed by atoms with Crippen LogP contribution in [0.2, 0.25) is 0 Å². The summed E-state index contributed by atoms with van der Waals surface area (Å²) in [7, 11) is 1.74. The van der Waals surface area contributed by atoms with Gasteiger partial charge in [-0.25, -0.2) is 9.50 Å². The number of rotatable bonds is 6. The van der Waals surface area contributed by atoms with Gasteiger partial charge in [0.2, 0.25) is 0 Å². The smallest absolute Gasteiger partial charge is 0.276 e. The molecule has 2 amide bonds. The van der Waals surface area contributed by atoms with Gasteiger partial charge in [0.25, 0.3) is 11.8 Å². The van der Waals surface area contributed by atoms with Crippen LogP contribution in [0.4, 0.5) is 11.4 Å². The molecule has 4 aromatic heterocycles. The number of amides is 2. The Hall–Kier alpha value is -4.32. The Morgan fingerprint density at radius 3 is 2.23 bits per heavy atom. The number of hydrogen-bond donors (Lipinski definition) is 2. The second kappa shape index (κ2) is 9.14. The van der Waals surface area contributed by atoms with Crippen molar-refractivity contribution in [2.24, 2.45) is 7.05 Å². The number of nitrogens with zero attached hydrogens (tertiary/aromatic N) is 7. The van der Waals surface area contributed by atoms with Crippen LogP contribution in [0.1, 0.15) is 27.9 Å². The molecule has 0 atom stereocenters. The average Bonchev–Trinajstić information content (AvgIpc) is 3.58. The lowest BCUT2D eigenvalue weighted by atomic mass is 10.2. The molecule has 0 saturated heterocycles. The fourth-order valence-corrected chi connectivity index (χ4v) is 4.00. The van der Waals surface area contributed by atoms with Crippen LogP contribution in [0.5, 0.6) is 0 Å². The molecule has 176 valence electrons. The molecule has 0 radical (unpaired) electrons. The molecule has 0 spiro atoms. The zero-order chi connectivity index (χ0) is 24.5. The number of nitrogens with one attached hydrogen (secondary N) is 2. The van der Waals surface area contributed by atoms with Crippen molar-refractivity contribution in [2.75, 3.05) is 10.6 Å². The van der Waals surface area contributed by atoms with Gasteiger partial charge in [0.15, 0.2) is 17.0 Å². The molecule has 11 nitrogen and oxygen atoms in total. The molecule has 0 aliphatic heterocycles. The topological polar surface area (TPSA) is 124 Å². The molecular weight excluding hydrogens is 514 g/mol. The minimum Gasteiger partial charge on any atom is -0.321 e. The largest absolute Gasteiger partial charge is 0.321 e. The summed E-state index contributed by atoms with van der Waals surface area (Å²) in [5.41, 5.74) is 3.61. The quantitative estimate of drug-likeness (QED) is 0.343. The maximum Gasteiger partial charge on any atom is 0.276 e. The van der Waals surface area contributed by atoms with Crippen molar-refractivity contribution < 1.29 is 9.59 Å². The predicted molar refractivity (Wildman–Crippen MR) is 133 cm³/mol. The number of anilines is 2. The maximum atomic E-state index is 12.9. The van der Waals surface area contributed by atoms with E-state index in [1.54, 1.807) is 71.1 Å². The minimum atomic E-state index is -0.384. The second-order valence-electron chi connectivity index (χ2n) is 7.67. The summed E-state index contributed by atoms with van der Waals surface area (Å²) >= 11 is 3.54. The first-order valence-corrected chi connectivity index (χ1v) is 11.5. The molecule has 2 N–H and O–H groups in total. The van der Waals surface area contributed by atoms with Gasteiger partial charge in [-0.15, -0.1) is 0 Å². The van der Waals surface area contributed by atoms with Crippen molar-refractivity contribution >= 4 is 44.8 Å². The molecule has 12 heteroatoms. The van der Waals surface area contributed by atoms with Crippen LogP contribution in [0.25, 0.3) is 17.0 Å². The van der Waals surface area contributed by atoms with Gasteiger partial charge in [-0.05, 0) is 59.3 Å². The van der Waals surface area contributed by atoms with Gasteiger partial charge in [-0.1, -0.05) is 0 Å². The van der Waals surface area contributed by atoms with E-state index in [0.717, 1.165) is 11.0 Å². The lowest BCUT2D eigenvalue weighted by Gasteiger charge is -2.06. The van der Waals surface area contributed by atoms with Crippen molar-refractivity contribution in [3.8, 4) is 11.4 Å². The molecule has 0 bridgehead atoms. The lowest BCUT2D eigenvalue weighted by molar-refractivity contribution is 0.101. The van der Waals surface area contributed by atoms with Crippen molar-refractivity contribution in [3.63, 3.8) is 0 Å². The third-order valence-electron chi connectivity index (χ3n) is 5.22. The zero-order valence-corrected chi connectivity index (χ0v) is 20.4. The molecule has 5 aromatic rings. The van der Waals surface area contributed by atoms with Crippen LogP contribution in [0, 0.1) is 0 Å². The van der Waals surface area contributed by atoms with Crippen molar-refractivity contribution in [2.45, 2.75) is 13.5 Å². The molecular formula is C23H20BrN9O2. The van der Waals surface area contributed by atoms with Gasteiger partial charge in [0, 0.05) is 49.6 Å². The number of carbonyl (C=O) groups excluding carboxylic acids is 2. The zero-order valence-electron chi connectivity index (χ0n) is 18.8. The SMILES string of the molecule is CCn1cc(Br)c(-c2ccnc3cc(C(=O)Nc4ccc(NC(=O)c5ccn(C)n5)cc4)nn23)n1. The number of carbonyl (C=O) groups is 2. The molecule has 35 heavy (non-hydrogen) atoms. The Kier molecular flexibility index (Phi) is 5.87. The molecule has 0 aliphatic rings. The van der Waals surface area contributed by atoms with E-state index in [0.29, 0.717) is 34.1 Å². The van der Waals surface area contributed by atoms with Crippen LogP contribution < -0.4 is 10.6 Å². The monoisotopic (exact) mass is 533 g/mol. The summed E-state index contributed by atoms with van der Waals surface area (Å²) in [5.74, 6) is -0.698. The van der Waals surface area contributed by atoms with E-state index in [2.05, 4.69) is 46.8 Å². The van der Waals surface area contributed by atoms with E-state index in [4.69, 9.17) is 0 Å². The standard InChI is InChI=1S/C23H20BrN9O2/c1-3-32-13-16(24)21(30-32)19-8-10-25-20-12-18(29-33(19)20)23(35)27-15-6-4-14(5-7-15)26-22(34)17-9-11-31(2)28-17/h4-13H,3H2,1-2H3,(H,26,34)(H,27,35). The number of fused-ring (bicyclic) bond motifs is 1. The van der Waals surface area contributed by atoms with Crippen LogP contribution in [-0.2, 0) is 13.6 Å². The van der Waals surface area contributed by atoms with Crippen LogP contribution in [-0.4, -0.2) is 46.0 Å². The summed E-state index contributed by atoms with van der Waals surface area (Å²) in [6, 6.07) is 11.8. The van der Waals surface area contributed by atoms with E-state index < -0.39 is 0 Å². The van der Waals surface area contributed by atoms with Gasteiger partial charge in [0.1, 0.15) is 5.69 Å². The van der Waals surface area contributed by atoms with Gasteiger partial charge in [-0.3, -0.25) is 19.0 Å².